The normalized spacial score (nSPS) is 12.5. The van der Waals surface area contributed by atoms with E-state index < -0.39 is 0 Å². The third kappa shape index (κ3) is 3.31. The maximum absolute atomic E-state index is 6.61. The molecule has 0 saturated heterocycles. The zero-order valence-corrected chi connectivity index (χ0v) is 26.3. The van der Waals surface area contributed by atoms with Crippen molar-refractivity contribution in [3.63, 3.8) is 0 Å². The summed E-state index contributed by atoms with van der Waals surface area (Å²) >= 11 is 0. The van der Waals surface area contributed by atoms with E-state index in [1.807, 2.05) is 0 Å². The summed E-state index contributed by atoms with van der Waals surface area (Å²) in [6.07, 6.45) is 0. The van der Waals surface area contributed by atoms with Crippen molar-refractivity contribution in [2.45, 2.75) is 0 Å². The molecule has 12 aromatic rings. The van der Waals surface area contributed by atoms with Crippen LogP contribution in [0.5, 0.6) is 0 Å². The van der Waals surface area contributed by atoms with Gasteiger partial charge < -0.3 is 13.6 Å². The minimum absolute atomic E-state index is 0.896. The molecule has 3 aromatic heterocycles. The fourth-order valence-electron chi connectivity index (χ4n) is 8.68. The van der Waals surface area contributed by atoms with E-state index in [-0.39, 0.29) is 0 Å². The summed E-state index contributed by atoms with van der Waals surface area (Å²) in [5.74, 6) is 0. The van der Waals surface area contributed by atoms with Crippen molar-refractivity contribution in [2.24, 2.45) is 0 Å². The van der Waals surface area contributed by atoms with Crippen molar-refractivity contribution < 1.29 is 4.42 Å². The highest BCUT2D eigenvalue weighted by Crippen LogP contribution is 2.41. The van der Waals surface area contributed by atoms with Crippen LogP contribution < -0.4 is 0 Å². The predicted octanol–water partition coefficient (Wildman–Crippen LogP) is 12.6. The minimum Gasteiger partial charge on any atom is -0.456 e. The molecule has 0 aliphatic rings. The molecule has 0 unspecified atom stereocenters. The lowest BCUT2D eigenvalue weighted by atomic mass is 10.0. The van der Waals surface area contributed by atoms with Gasteiger partial charge in [-0.3, -0.25) is 0 Å². The van der Waals surface area contributed by atoms with Gasteiger partial charge in [0.05, 0.1) is 22.1 Å². The number of furan rings is 1. The lowest BCUT2D eigenvalue weighted by molar-refractivity contribution is 0.669. The fourth-order valence-corrected chi connectivity index (χ4v) is 8.68. The van der Waals surface area contributed by atoms with Crippen LogP contribution in [0.3, 0.4) is 0 Å². The Kier molecular flexibility index (Phi) is 4.72. The smallest absolute Gasteiger partial charge is 0.137 e. The van der Waals surface area contributed by atoms with Crippen LogP contribution in [0.2, 0.25) is 0 Å². The number of fused-ring (bicyclic) bond motifs is 3. The Bertz CT molecular complexity index is 3130. The highest BCUT2D eigenvalue weighted by Gasteiger charge is 2.19. The molecule has 0 fully saturated rings. The Morgan fingerprint density at radius 1 is 0.327 bits per heavy atom. The average Bonchev–Trinajstić information content (AvgIpc) is 3.81. The third-order valence-electron chi connectivity index (χ3n) is 10.8. The van der Waals surface area contributed by atoms with Crippen LogP contribution in [0.1, 0.15) is 0 Å². The molecule has 0 N–H and O–H groups in total. The first kappa shape index (κ1) is 25.5. The first-order valence-corrected chi connectivity index (χ1v) is 16.8. The molecule has 3 heterocycles. The molecule has 0 bridgehead atoms. The summed E-state index contributed by atoms with van der Waals surface area (Å²) < 4.78 is 11.4. The minimum atomic E-state index is 0.896. The fraction of sp³-hybridized carbons (Fsp3) is 0. The van der Waals surface area contributed by atoms with E-state index in [1.54, 1.807) is 0 Å². The molecule has 3 heteroatoms. The molecule has 0 spiro atoms. The largest absolute Gasteiger partial charge is 0.456 e. The van der Waals surface area contributed by atoms with Gasteiger partial charge in [0.2, 0.25) is 0 Å². The van der Waals surface area contributed by atoms with Crippen molar-refractivity contribution >= 4 is 87.1 Å². The SMILES string of the molecule is c1cc2ccc3cccc4c3c2c(c1)n4-c1ccc(-c2ccc3c(c2)oc2cc(-n4c5cccc6ccc7cccc4c7c65)ccc23)cc1. The van der Waals surface area contributed by atoms with Crippen molar-refractivity contribution in [1.82, 2.24) is 9.13 Å². The summed E-state index contributed by atoms with van der Waals surface area (Å²) in [6, 6.07) is 57.5. The van der Waals surface area contributed by atoms with Gasteiger partial charge in [-0.1, -0.05) is 91.0 Å². The molecule has 3 nitrogen and oxygen atoms in total. The summed E-state index contributed by atoms with van der Waals surface area (Å²) in [6.45, 7) is 0. The van der Waals surface area contributed by atoms with Crippen molar-refractivity contribution in [1.29, 1.82) is 0 Å². The van der Waals surface area contributed by atoms with Crippen LogP contribution in [-0.2, 0) is 0 Å². The van der Waals surface area contributed by atoms with E-state index >= 15 is 0 Å². The standard InChI is InChI=1S/C46H26N2O/c1-5-28-13-14-29-6-2-10-38-44(29)43(28)37(9-1)47(38)33-20-17-27(18-21-33)32-19-23-35-36-24-22-34(26-42(36)49-41(35)25-32)48-39-11-3-7-30-15-16-31-8-4-12-40(48)46(31)45(30)39/h1-26H. The topological polar surface area (TPSA) is 23.0 Å². The number of benzene rings is 9. The molecule has 9 aromatic carbocycles. The maximum atomic E-state index is 6.61. The van der Waals surface area contributed by atoms with E-state index in [1.165, 1.54) is 65.2 Å². The number of hydrogen-bond donors (Lipinski definition) is 0. The lowest BCUT2D eigenvalue weighted by Gasteiger charge is -2.09. The van der Waals surface area contributed by atoms with Gasteiger partial charge in [0.15, 0.2) is 0 Å². The maximum Gasteiger partial charge on any atom is 0.137 e. The van der Waals surface area contributed by atoms with Gasteiger partial charge in [-0.05, 0) is 93.3 Å². The molecule has 226 valence electrons. The zero-order chi connectivity index (χ0) is 31.8. The Hall–Kier alpha value is -6.58. The summed E-state index contributed by atoms with van der Waals surface area (Å²) in [5, 5.41) is 12.7. The molecule has 0 radical (unpaired) electrons. The van der Waals surface area contributed by atoms with Crippen LogP contribution >= 0.6 is 0 Å². The second kappa shape index (κ2) is 9.06. The number of nitrogens with zero attached hydrogens (tertiary/aromatic N) is 2. The van der Waals surface area contributed by atoms with Gasteiger partial charge >= 0.3 is 0 Å². The molecule has 0 atom stereocenters. The molecule has 0 saturated carbocycles. The average molecular weight is 623 g/mol. The molecule has 49 heavy (non-hydrogen) atoms. The van der Waals surface area contributed by atoms with E-state index in [0.29, 0.717) is 0 Å². The quantitative estimate of drug-likeness (QED) is 0.180. The monoisotopic (exact) mass is 622 g/mol. The Morgan fingerprint density at radius 2 is 0.735 bits per heavy atom. The second-order valence-electron chi connectivity index (χ2n) is 13.3. The molecular formula is C46H26N2O. The molecule has 0 aliphatic heterocycles. The number of aromatic nitrogens is 2. The van der Waals surface area contributed by atoms with Gasteiger partial charge in [-0.2, -0.15) is 0 Å². The first-order chi connectivity index (χ1) is 24.3. The predicted molar refractivity (Wildman–Crippen MR) is 205 cm³/mol. The van der Waals surface area contributed by atoms with Crippen molar-refractivity contribution in [3.8, 4) is 22.5 Å². The van der Waals surface area contributed by atoms with Crippen LogP contribution in [-0.4, -0.2) is 9.13 Å². The molecular weight excluding hydrogens is 597 g/mol. The first-order valence-electron chi connectivity index (χ1n) is 16.8. The van der Waals surface area contributed by atoms with E-state index in [2.05, 4.69) is 167 Å². The van der Waals surface area contributed by atoms with Crippen molar-refractivity contribution in [2.75, 3.05) is 0 Å². The van der Waals surface area contributed by atoms with Gasteiger partial charge in [0.25, 0.3) is 0 Å². The molecule has 12 rings (SSSR count). The van der Waals surface area contributed by atoms with Gasteiger partial charge in [-0.25, -0.2) is 0 Å². The zero-order valence-electron chi connectivity index (χ0n) is 26.3. The highest BCUT2D eigenvalue weighted by atomic mass is 16.3. The van der Waals surface area contributed by atoms with E-state index in [9.17, 15) is 0 Å². The molecule has 0 amide bonds. The summed E-state index contributed by atoms with van der Waals surface area (Å²) in [5.41, 5.74) is 11.3. The number of hydrogen-bond acceptors (Lipinski definition) is 1. The van der Waals surface area contributed by atoms with Crippen LogP contribution in [0.4, 0.5) is 0 Å². The summed E-state index contributed by atoms with van der Waals surface area (Å²) in [7, 11) is 0. The summed E-state index contributed by atoms with van der Waals surface area (Å²) in [4.78, 5) is 0. The highest BCUT2D eigenvalue weighted by molar-refractivity contribution is 6.25. The molecule has 0 aliphatic carbocycles. The lowest BCUT2D eigenvalue weighted by Crippen LogP contribution is -1.93. The van der Waals surface area contributed by atoms with Crippen LogP contribution in [0, 0.1) is 0 Å². The third-order valence-corrected chi connectivity index (χ3v) is 10.8. The van der Waals surface area contributed by atoms with Gasteiger partial charge in [0, 0.05) is 49.8 Å². The van der Waals surface area contributed by atoms with E-state index in [0.717, 1.165) is 44.4 Å². The second-order valence-corrected chi connectivity index (χ2v) is 13.3. The Morgan fingerprint density at radius 3 is 1.24 bits per heavy atom. The Labute approximate surface area is 280 Å². The van der Waals surface area contributed by atoms with Crippen LogP contribution in [0.15, 0.2) is 162 Å². The Balaban J connectivity index is 0.969. The van der Waals surface area contributed by atoms with Gasteiger partial charge in [0.1, 0.15) is 11.2 Å². The van der Waals surface area contributed by atoms with Gasteiger partial charge in [-0.15, -0.1) is 0 Å². The van der Waals surface area contributed by atoms with E-state index in [4.69, 9.17) is 4.42 Å². The van der Waals surface area contributed by atoms with Crippen molar-refractivity contribution in [3.05, 3.63) is 158 Å². The van der Waals surface area contributed by atoms with Crippen LogP contribution in [0.25, 0.3) is 110 Å². The number of rotatable bonds is 3.